The summed E-state index contributed by atoms with van der Waals surface area (Å²) in [4.78, 5) is 1.25. The van der Waals surface area contributed by atoms with Crippen molar-refractivity contribution < 1.29 is 0 Å². The van der Waals surface area contributed by atoms with E-state index in [1.165, 1.54) is 37.0 Å². The van der Waals surface area contributed by atoms with Crippen LogP contribution in [-0.4, -0.2) is 0 Å². The number of thiophene rings is 1. The Balaban J connectivity index is 2.03. The number of halogens is 1. The molecule has 1 nitrogen and oxygen atoms in total. The average molecular weight is 230 g/mol. The van der Waals surface area contributed by atoms with Crippen LogP contribution in [0.5, 0.6) is 0 Å². The van der Waals surface area contributed by atoms with Gasteiger partial charge in [0.05, 0.1) is 4.34 Å². The third kappa shape index (κ3) is 2.30. The van der Waals surface area contributed by atoms with Gasteiger partial charge < -0.3 is 5.73 Å². The Labute approximate surface area is 94.3 Å². The number of hydrogen-bond acceptors (Lipinski definition) is 2. The van der Waals surface area contributed by atoms with Crippen molar-refractivity contribution in [2.75, 3.05) is 0 Å². The van der Waals surface area contributed by atoms with Crippen molar-refractivity contribution in [1.29, 1.82) is 0 Å². The highest BCUT2D eigenvalue weighted by atomic mass is 35.5. The Morgan fingerprint density at radius 2 is 2.00 bits per heavy atom. The molecule has 0 unspecified atom stereocenters. The Hall–Kier alpha value is -0.0500. The maximum atomic E-state index is 6.23. The van der Waals surface area contributed by atoms with Crippen LogP contribution in [0, 0.1) is 5.92 Å². The van der Waals surface area contributed by atoms with Crippen molar-refractivity contribution in [1.82, 2.24) is 0 Å². The Morgan fingerprint density at radius 1 is 1.29 bits per heavy atom. The first kappa shape index (κ1) is 10.5. The van der Waals surface area contributed by atoms with E-state index in [0.717, 1.165) is 4.34 Å². The zero-order valence-electron chi connectivity index (χ0n) is 8.21. The van der Waals surface area contributed by atoms with Gasteiger partial charge in [-0.05, 0) is 30.9 Å². The molecule has 3 heteroatoms. The average Bonchev–Trinajstić information content (AvgIpc) is 2.65. The molecule has 1 fully saturated rings. The molecule has 2 N–H and O–H groups in total. The lowest BCUT2D eigenvalue weighted by molar-refractivity contribution is 0.311. The lowest BCUT2D eigenvalue weighted by Crippen LogP contribution is -2.22. The summed E-state index contributed by atoms with van der Waals surface area (Å²) in [6.07, 6.45) is 6.65. The van der Waals surface area contributed by atoms with Crippen LogP contribution in [-0.2, 0) is 0 Å². The molecule has 1 aliphatic carbocycles. The smallest absolute Gasteiger partial charge is 0.0931 e. The highest BCUT2D eigenvalue weighted by molar-refractivity contribution is 7.16. The summed E-state index contributed by atoms with van der Waals surface area (Å²) in [5.74, 6) is 0.679. The van der Waals surface area contributed by atoms with Gasteiger partial charge in [0, 0.05) is 10.9 Å². The molecule has 0 aliphatic heterocycles. The molecular formula is C11H16ClNS. The molecule has 0 spiro atoms. The summed E-state index contributed by atoms with van der Waals surface area (Å²) >= 11 is 7.54. The van der Waals surface area contributed by atoms with Gasteiger partial charge in [0.2, 0.25) is 0 Å². The summed E-state index contributed by atoms with van der Waals surface area (Å²) in [5, 5.41) is 0. The standard InChI is InChI=1S/C11H16ClNS/c12-10-7-6-9(14-10)11(13)8-4-2-1-3-5-8/h6-8,11H,1-5,13H2/t11-/m0/s1. The van der Waals surface area contributed by atoms with Gasteiger partial charge in [0.15, 0.2) is 0 Å². The van der Waals surface area contributed by atoms with E-state index in [4.69, 9.17) is 17.3 Å². The van der Waals surface area contributed by atoms with E-state index >= 15 is 0 Å². The first-order chi connectivity index (χ1) is 6.77. The van der Waals surface area contributed by atoms with E-state index in [9.17, 15) is 0 Å². The summed E-state index contributed by atoms with van der Waals surface area (Å²) in [6, 6.07) is 4.24. The minimum Gasteiger partial charge on any atom is -0.323 e. The first-order valence-corrected chi connectivity index (χ1v) is 6.47. The Bertz CT molecular complexity index is 291. The molecule has 0 bridgehead atoms. The van der Waals surface area contributed by atoms with Crippen LogP contribution < -0.4 is 5.73 Å². The summed E-state index contributed by atoms with van der Waals surface area (Å²) < 4.78 is 0.853. The van der Waals surface area contributed by atoms with Gasteiger partial charge in [-0.15, -0.1) is 11.3 Å². The zero-order valence-corrected chi connectivity index (χ0v) is 9.78. The van der Waals surface area contributed by atoms with Crippen LogP contribution in [0.25, 0.3) is 0 Å². The SMILES string of the molecule is N[C@H](c1ccc(Cl)s1)C1CCCCC1. The fourth-order valence-corrected chi connectivity index (χ4v) is 3.39. The molecule has 1 atom stereocenters. The fraction of sp³-hybridized carbons (Fsp3) is 0.636. The minimum absolute atomic E-state index is 0.216. The number of rotatable bonds is 2. The van der Waals surface area contributed by atoms with E-state index in [-0.39, 0.29) is 6.04 Å². The second-order valence-corrected chi connectivity index (χ2v) is 5.81. The molecule has 2 rings (SSSR count). The molecule has 0 amide bonds. The van der Waals surface area contributed by atoms with E-state index in [0.29, 0.717) is 5.92 Å². The molecule has 1 aromatic rings. The van der Waals surface area contributed by atoms with Crippen molar-refractivity contribution in [3.05, 3.63) is 21.3 Å². The molecule has 0 saturated heterocycles. The molecular weight excluding hydrogens is 214 g/mol. The van der Waals surface area contributed by atoms with Crippen LogP contribution in [0.3, 0.4) is 0 Å². The topological polar surface area (TPSA) is 26.0 Å². The first-order valence-electron chi connectivity index (χ1n) is 5.28. The van der Waals surface area contributed by atoms with Crippen LogP contribution >= 0.6 is 22.9 Å². The van der Waals surface area contributed by atoms with Gasteiger partial charge in [0.1, 0.15) is 0 Å². The quantitative estimate of drug-likeness (QED) is 0.816. The van der Waals surface area contributed by atoms with Gasteiger partial charge in [-0.3, -0.25) is 0 Å². The Kier molecular flexibility index (Phi) is 3.47. The van der Waals surface area contributed by atoms with Crippen molar-refractivity contribution in [3.8, 4) is 0 Å². The molecule has 78 valence electrons. The van der Waals surface area contributed by atoms with Gasteiger partial charge in [-0.25, -0.2) is 0 Å². The largest absolute Gasteiger partial charge is 0.323 e. The van der Waals surface area contributed by atoms with Crippen LogP contribution in [0.2, 0.25) is 4.34 Å². The second kappa shape index (κ2) is 4.65. The van der Waals surface area contributed by atoms with Gasteiger partial charge in [-0.2, -0.15) is 0 Å². The lowest BCUT2D eigenvalue weighted by atomic mass is 9.84. The fourth-order valence-electron chi connectivity index (χ4n) is 2.23. The summed E-state index contributed by atoms with van der Waals surface area (Å²) in [6.45, 7) is 0. The lowest BCUT2D eigenvalue weighted by Gasteiger charge is -2.26. The molecule has 14 heavy (non-hydrogen) atoms. The van der Waals surface area contributed by atoms with Crippen molar-refractivity contribution >= 4 is 22.9 Å². The monoisotopic (exact) mass is 229 g/mol. The molecule has 1 saturated carbocycles. The zero-order chi connectivity index (χ0) is 9.97. The molecule has 1 aromatic heterocycles. The van der Waals surface area contributed by atoms with E-state index < -0.39 is 0 Å². The molecule has 1 heterocycles. The highest BCUT2D eigenvalue weighted by Crippen LogP contribution is 2.36. The third-order valence-electron chi connectivity index (χ3n) is 3.08. The third-order valence-corrected chi connectivity index (χ3v) is 4.41. The number of nitrogens with two attached hydrogens (primary N) is 1. The van der Waals surface area contributed by atoms with Gasteiger partial charge in [0.25, 0.3) is 0 Å². The highest BCUT2D eigenvalue weighted by Gasteiger charge is 2.22. The van der Waals surface area contributed by atoms with Gasteiger partial charge >= 0.3 is 0 Å². The molecule has 0 radical (unpaired) electrons. The normalized spacial score (nSPS) is 21.0. The maximum Gasteiger partial charge on any atom is 0.0931 e. The van der Waals surface area contributed by atoms with Crippen molar-refractivity contribution in [2.45, 2.75) is 38.1 Å². The van der Waals surface area contributed by atoms with E-state index in [1.807, 2.05) is 6.07 Å². The van der Waals surface area contributed by atoms with Crippen molar-refractivity contribution in [2.24, 2.45) is 11.7 Å². The predicted molar refractivity (Wildman–Crippen MR) is 62.8 cm³/mol. The van der Waals surface area contributed by atoms with E-state index in [1.54, 1.807) is 11.3 Å². The van der Waals surface area contributed by atoms with Crippen LogP contribution in [0.4, 0.5) is 0 Å². The van der Waals surface area contributed by atoms with Crippen LogP contribution in [0.15, 0.2) is 12.1 Å². The number of hydrogen-bond donors (Lipinski definition) is 1. The van der Waals surface area contributed by atoms with Gasteiger partial charge in [-0.1, -0.05) is 30.9 Å². The predicted octanol–water partition coefficient (Wildman–Crippen LogP) is 3.98. The maximum absolute atomic E-state index is 6.23. The Morgan fingerprint density at radius 3 is 2.57 bits per heavy atom. The summed E-state index contributed by atoms with van der Waals surface area (Å²) in [7, 11) is 0. The van der Waals surface area contributed by atoms with Crippen LogP contribution in [0.1, 0.15) is 43.0 Å². The second-order valence-electron chi connectivity index (χ2n) is 4.07. The van der Waals surface area contributed by atoms with Crippen molar-refractivity contribution in [3.63, 3.8) is 0 Å². The molecule has 1 aliphatic rings. The minimum atomic E-state index is 0.216. The summed E-state index contributed by atoms with van der Waals surface area (Å²) in [5.41, 5.74) is 6.23. The van der Waals surface area contributed by atoms with E-state index in [2.05, 4.69) is 6.07 Å². The molecule has 0 aromatic carbocycles.